The highest BCUT2D eigenvalue weighted by molar-refractivity contribution is 7.86. The summed E-state index contributed by atoms with van der Waals surface area (Å²) in [5, 5.41) is 2.76. The number of hydrogen-bond acceptors (Lipinski definition) is 4. The molecule has 0 bridgehead atoms. The van der Waals surface area contributed by atoms with E-state index in [1.54, 1.807) is 29.2 Å². The van der Waals surface area contributed by atoms with Gasteiger partial charge in [-0.05, 0) is 32.4 Å². The predicted octanol–water partition coefficient (Wildman–Crippen LogP) is 1.23. The molecule has 0 aliphatic carbocycles. The van der Waals surface area contributed by atoms with Crippen LogP contribution < -0.4 is 5.32 Å². The third kappa shape index (κ3) is 3.51. The summed E-state index contributed by atoms with van der Waals surface area (Å²) < 4.78 is 11.8. The maximum atomic E-state index is 12.4. The summed E-state index contributed by atoms with van der Waals surface area (Å²) in [5.41, 5.74) is 0.808. The van der Waals surface area contributed by atoms with E-state index in [4.69, 9.17) is 0 Å². The third-order valence-electron chi connectivity index (χ3n) is 4.92. The Kier molecular flexibility index (Phi) is 5.13. The van der Waals surface area contributed by atoms with Gasteiger partial charge in [0, 0.05) is 47.5 Å². The molecule has 0 radical (unpaired) electrons. The Balaban J connectivity index is 1.53. The molecular weight excluding hydrogens is 354 g/mol. The SMILES string of the molecule is CC1(C)CCN(C(=O)NCCN2C(=O)c3ccccc3C2=O)CCS1=O. The number of fused-ring (bicyclic) bond motifs is 1. The van der Waals surface area contributed by atoms with E-state index in [1.807, 2.05) is 13.8 Å². The van der Waals surface area contributed by atoms with Crippen LogP contribution in [0, 0.1) is 0 Å². The molecule has 0 aromatic heterocycles. The molecule has 1 N–H and O–H groups in total. The summed E-state index contributed by atoms with van der Waals surface area (Å²) in [6.07, 6.45) is 0.672. The summed E-state index contributed by atoms with van der Waals surface area (Å²) in [6, 6.07) is 6.46. The van der Waals surface area contributed by atoms with E-state index in [1.165, 1.54) is 0 Å². The highest BCUT2D eigenvalue weighted by Gasteiger charge is 2.35. The van der Waals surface area contributed by atoms with Crippen molar-refractivity contribution in [3.63, 3.8) is 0 Å². The van der Waals surface area contributed by atoms with Gasteiger partial charge < -0.3 is 10.2 Å². The van der Waals surface area contributed by atoms with Crippen LogP contribution in [0.1, 0.15) is 41.0 Å². The van der Waals surface area contributed by atoms with E-state index in [0.717, 1.165) is 4.90 Å². The minimum atomic E-state index is -0.964. The van der Waals surface area contributed by atoms with Crippen LogP contribution in [0.15, 0.2) is 24.3 Å². The van der Waals surface area contributed by atoms with Crippen LogP contribution in [0.4, 0.5) is 4.79 Å². The van der Waals surface area contributed by atoms with Crippen molar-refractivity contribution in [1.82, 2.24) is 15.1 Å². The zero-order chi connectivity index (χ0) is 18.9. The molecule has 0 saturated carbocycles. The second-order valence-electron chi connectivity index (χ2n) is 7.09. The predicted molar refractivity (Wildman–Crippen MR) is 98.5 cm³/mol. The fourth-order valence-electron chi connectivity index (χ4n) is 3.13. The molecule has 1 unspecified atom stereocenters. The minimum Gasteiger partial charge on any atom is -0.336 e. The second kappa shape index (κ2) is 7.19. The van der Waals surface area contributed by atoms with Crippen molar-refractivity contribution >= 4 is 28.6 Å². The number of amides is 4. The van der Waals surface area contributed by atoms with Crippen LogP contribution in [0.3, 0.4) is 0 Å². The van der Waals surface area contributed by atoms with Gasteiger partial charge in [0.25, 0.3) is 11.8 Å². The summed E-state index contributed by atoms with van der Waals surface area (Å²) in [4.78, 5) is 39.7. The van der Waals surface area contributed by atoms with E-state index in [2.05, 4.69) is 5.32 Å². The number of urea groups is 1. The molecule has 2 aliphatic rings. The average molecular weight is 377 g/mol. The largest absolute Gasteiger partial charge is 0.336 e. The maximum absolute atomic E-state index is 12.4. The van der Waals surface area contributed by atoms with Gasteiger partial charge in [0.15, 0.2) is 0 Å². The van der Waals surface area contributed by atoms with Crippen LogP contribution in [-0.2, 0) is 10.8 Å². The Morgan fingerprint density at radius 3 is 2.38 bits per heavy atom. The molecule has 2 heterocycles. The first kappa shape index (κ1) is 18.6. The number of benzene rings is 1. The van der Waals surface area contributed by atoms with Crippen molar-refractivity contribution in [1.29, 1.82) is 0 Å². The number of carbonyl (C=O) groups is 3. The van der Waals surface area contributed by atoms with Gasteiger partial charge in [-0.1, -0.05) is 12.1 Å². The monoisotopic (exact) mass is 377 g/mol. The van der Waals surface area contributed by atoms with Crippen LogP contribution in [0.5, 0.6) is 0 Å². The quantitative estimate of drug-likeness (QED) is 0.803. The highest BCUT2D eigenvalue weighted by atomic mass is 32.2. The Bertz CT molecular complexity index is 742. The average Bonchev–Trinajstić information content (AvgIpc) is 2.76. The molecule has 140 valence electrons. The Morgan fingerprint density at radius 1 is 1.15 bits per heavy atom. The van der Waals surface area contributed by atoms with Crippen LogP contribution in [-0.4, -0.2) is 68.5 Å². The van der Waals surface area contributed by atoms with E-state index in [9.17, 15) is 18.6 Å². The number of hydrogen-bond donors (Lipinski definition) is 1. The molecule has 1 aromatic rings. The molecular formula is C18H23N3O4S. The van der Waals surface area contributed by atoms with E-state index in [-0.39, 0.29) is 35.7 Å². The summed E-state index contributed by atoms with van der Waals surface area (Å²) in [5.74, 6) is -0.197. The highest BCUT2D eigenvalue weighted by Crippen LogP contribution is 2.23. The third-order valence-corrected chi connectivity index (χ3v) is 6.91. The van der Waals surface area contributed by atoms with Gasteiger partial charge in [-0.15, -0.1) is 0 Å². The lowest BCUT2D eigenvalue weighted by molar-refractivity contribution is 0.0655. The lowest BCUT2D eigenvalue weighted by Crippen LogP contribution is -2.45. The van der Waals surface area contributed by atoms with Crippen molar-refractivity contribution in [3.8, 4) is 0 Å². The van der Waals surface area contributed by atoms with Crippen molar-refractivity contribution < 1.29 is 18.6 Å². The van der Waals surface area contributed by atoms with Gasteiger partial charge in [-0.2, -0.15) is 0 Å². The maximum Gasteiger partial charge on any atom is 0.317 e. The van der Waals surface area contributed by atoms with Crippen molar-refractivity contribution in [2.45, 2.75) is 25.0 Å². The van der Waals surface area contributed by atoms with Crippen molar-refractivity contribution in [3.05, 3.63) is 35.4 Å². The number of imide groups is 1. The number of nitrogens with one attached hydrogen (secondary N) is 1. The Labute approximate surface area is 155 Å². The molecule has 8 heteroatoms. The van der Waals surface area contributed by atoms with Crippen LogP contribution in [0.2, 0.25) is 0 Å². The lowest BCUT2D eigenvalue weighted by Gasteiger charge is -2.23. The fraction of sp³-hybridized carbons (Fsp3) is 0.500. The Morgan fingerprint density at radius 2 is 1.77 bits per heavy atom. The van der Waals surface area contributed by atoms with E-state index < -0.39 is 10.8 Å². The molecule has 1 aromatic carbocycles. The lowest BCUT2D eigenvalue weighted by atomic mass is 10.1. The molecule has 0 spiro atoms. The molecule has 3 rings (SSSR count). The van der Waals surface area contributed by atoms with Gasteiger partial charge >= 0.3 is 6.03 Å². The molecule has 2 aliphatic heterocycles. The van der Waals surface area contributed by atoms with Crippen LogP contribution >= 0.6 is 0 Å². The summed E-state index contributed by atoms with van der Waals surface area (Å²) >= 11 is 0. The first-order valence-corrected chi connectivity index (χ1v) is 9.99. The van der Waals surface area contributed by atoms with Gasteiger partial charge in [0.05, 0.1) is 11.1 Å². The van der Waals surface area contributed by atoms with Gasteiger partial charge in [-0.3, -0.25) is 18.7 Å². The molecule has 1 atom stereocenters. The van der Waals surface area contributed by atoms with Crippen molar-refractivity contribution in [2.75, 3.05) is 31.9 Å². The van der Waals surface area contributed by atoms with Crippen molar-refractivity contribution in [2.24, 2.45) is 0 Å². The minimum absolute atomic E-state index is 0.128. The molecule has 7 nitrogen and oxygen atoms in total. The fourth-order valence-corrected chi connectivity index (χ4v) is 4.39. The standard InChI is InChI=1S/C18H23N3O4S/c1-18(2)7-9-20(11-12-26(18)25)17(24)19-8-10-21-15(22)13-5-3-4-6-14(13)16(21)23/h3-6H,7-12H2,1-2H3,(H,19,24). The smallest absolute Gasteiger partial charge is 0.317 e. The molecule has 1 fully saturated rings. The number of rotatable bonds is 3. The molecule has 26 heavy (non-hydrogen) atoms. The molecule has 1 saturated heterocycles. The zero-order valence-electron chi connectivity index (χ0n) is 15.0. The van der Waals surface area contributed by atoms with E-state index >= 15 is 0 Å². The number of carbonyl (C=O) groups excluding carboxylic acids is 3. The van der Waals surface area contributed by atoms with Gasteiger partial charge in [0.2, 0.25) is 0 Å². The van der Waals surface area contributed by atoms with Crippen LogP contribution in [0.25, 0.3) is 0 Å². The Hall–Kier alpha value is -2.22. The normalized spacial score (nSPS) is 22.2. The first-order chi connectivity index (χ1) is 12.3. The zero-order valence-corrected chi connectivity index (χ0v) is 15.8. The first-order valence-electron chi connectivity index (χ1n) is 8.68. The van der Waals surface area contributed by atoms with Gasteiger partial charge in [0.1, 0.15) is 0 Å². The topological polar surface area (TPSA) is 86.8 Å². The number of nitrogens with zero attached hydrogens (tertiary/aromatic N) is 2. The van der Waals surface area contributed by atoms with E-state index in [0.29, 0.717) is 36.4 Å². The second-order valence-corrected chi connectivity index (χ2v) is 9.29. The molecule has 4 amide bonds. The summed E-state index contributed by atoms with van der Waals surface area (Å²) in [6.45, 7) is 5.20. The van der Waals surface area contributed by atoms with Gasteiger partial charge in [-0.25, -0.2) is 4.79 Å². The summed E-state index contributed by atoms with van der Waals surface area (Å²) in [7, 11) is -0.964.